The van der Waals surface area contributed by atoms with Gasteiger partial charge in [0, 0.05) is 10.8 Å². The first-order valence-corrected chi connectivity index (χ1v) is 8.52. The van der Waals surface area contributed by atoms with Crippen LogP contribution in [0.3, 0.4) is 0 Å². The van der Waals surface area contributed by atoms with Gasteiger partial charge >= 0.3 is 5.97 Å². The van der Waals surface area contributed by atoms with Crippen LogP contribution in [-0.2, 0) is 22.4 Å². The molecule has 0 aliphatic heterocycles. The fourth-order valence-corrected chi connectivity index (χ4v) is 3.77. The maximum atomic E-state index is 12.3. The highest BCUT2D eigenvalue weighted by Crippen LogP contribution is 2.38. The van der Waals surface area contributed by atoms with Gasteiger partial charge in [-0.1, -0.05) is 13.8 Å². The molecule has 1 aliphatic rings. The minimum atomic E-state index is -0.309. The zero-order valence-corrected chi connectivity index (χ0v) is 13.8. The number of anilines is 1. The molecule has 0 saturated carbocycles. The molecule has 5 heteroatoms. The second-order valence-electron chi connectivity index (χ2n) is 5.43. The number of aryl methyl sites for hydroxylation is 1. The molecule has 1 atom stereocenters. The fourth-order valence-electron chi connectivity index (χ4n) is 2.49. The van der Waals surface area contributed by atoms with Crippen molar-refractivity contribution in [1.29, 1.82) is 0 Å². The maximum absolute atomic E-state index is 12.3. The average Bonchev–Trinajstić information content (AvgIpc) is 2.84. The van der Waals surface area contributed by atoms with Crippen molar-refractivity contribution in [2.24, 2.45) is 5.92 Å². The fraction of sp³-hybridized carbons (Fsp3) is 0.625. The molecule has 0 saturated heterocycles. The van der Waals surface area contributed by atoms with E-state index in [0.717, 1.165) is 37.7 Å². The Morgan fingerprint density at radius 1 is 1.29 bits per heavy atom. The third-order valence-electron chi connectivity index (χ3n) is 3.95. The lowest BCUT2D eigenvalue weighted by Gasteiger charge is -2.13. The highest BCUT2D eigenvalue weighted by Gasteiger charge is 2.27. The van der Waals surface area contributed by atoms with Gasteiger partial charge in [-0.05, 0) is 44.6 Å². The Hall–Kier alpha value is -1.36. The number of thiophene rings is 1. The Bertz CT molecular complexity index is 536. The number of carbonyl (C=O) groups is 2. The van der Waals surface area contributed by atoms with Crippen LogP contribution in [0.25, 0.3) is 0 Å². The van der Waals surface area contributed by atoms with E-state index in [0.29, 0.717) is 17.2 Å². The van der Waals surface area contributed by atoms with Crippen molar-refractivity contribution in [3.8, 4) is 0 Å². The lowest BCUT2D eigenvalue weighted by molar-refractivity contribution is -0.119. The van der Waals surface area contributed by atoms with Crippen LogP contribution in [0.4, 0.5) is 5.00 Å². The first-order valence-electron chi connectivity index (χ1n) is 7.70. The normalized spacial score (nSPS) is 15.2. The van der Waals surface area contributed by atoms with Gasteiger partial charge in [-0.2, -0.15) is 0 Å². The zero-order chi connectivity index (χ0) is 15.4. The minimum Gasteiger partial charge on any atom is -0.462 e. The van der Waals surface area contributed by atoms with Crippen molar-refractivity contribution in [2.75, 3.05) is 11.9 Å². The van der Waals surface area contributed by atoms with E-state index in [1.807, 2.05) is 13.8 Å². The third-order valence-corrected chi connectivity index (χ3v) is 5.15. The van der Waals surface area contributed by atoms with Gasteiger partial charge in [0.1, 0.15) is 5.00 Å². The molecule has 1 aromatic rings. The second-order valence-corrected chi connectivity index (χ2v) is 6.54. The molecule has 4 nitrogen and oxygen atoms in total. The number of esters is 1. The van der Waals surface area contributed by atoms with Gasteiger partial charge in [0.05, 0.1) is 12.2 Å². The Morgan fingerprint density at radius 3 is 2.67 bits per heavy atom. The lowest BCUT2D eigenvalue weighted by Crippen LogP contribution is -2.21. The molecule has 1 heterocycles. The Morgan fingerprint density at radius 2 is 2.00 bits per heavy atom. The largest absolute Gasteiger partial charge is 0.462 e. The van der Waals surface area contributed by atoms with E-state index in [9.17, 15) is 9.59 Å². The molecular formula is C16H23NO3S. The SMILES string of the molecule is CCOC(=O)c1c(NC(=O)[C@@H](C)CC)sc2c1CCCC2. The molecule has 0 bridgehead atoms. The summed E-state index contributed by atoms with van der Waals surface area (Å²) in [5.74, 6) is -0.392. The van der Waals surface area contributed by atoms with Crippen LogP contribution < -0.4 is 5.32 Å². The Balaban J connectivity index is 2.33. The molecule has 116 valence electrons. The van der Waals surface area contributed by atoms with Gasteiger partial charge in [-0.3, -0.25) is 4.79 Å². The quantitative estimate of drug-likeness (QED) is 0.842. The van der Waals surface area contributed by atoms with E-state index in [4.69, 9.17) is 4.74 Å². The van der Waals surface area contributed by atoms with E-state index in [2.05, 4.69) is 5.32 Å². The zero-order valence-electron chi connectivity index (χ0n) is 13.0. The van der Waals surface area contributed by atoms with Gasteiger partial charge in [0.15, 0.2) is 0 Å². The Labute approximate surface area is 129 Å². The van der Waals surface area contributed by atoms with E-state index < -0.39 is 0 Å². The molecule has 0 unspecified atom stereocenters. The monoisotopic (exact) mass is 309 g/mol. The molecule has 1 aromatic heterocycles. The van der Waals surface area contributed by atoms with Crippen molar-refractivity contribution >= 4 is 28.2 Å². The number of hydrogen-bond acceptors (Lipinski definition) is 4. The van der Waals surface area contributed by atoms with Crippen LogP contribution in [0.2, 0.25) is 0 Å². The molecular weight excluding hydrogens is 286 g/mol. The number of rotatable bonds is 5. The van der Waals surface area contributed by atoms with Gasteiger partial charge < -0.3 is 10.1 Å². The lowest BCUT2D eigenvalue weighted by atomic mass is 9.95. The summed E-state index contributed by atoms with van der Waals surface area (Å²) in [6, 6.07) is 0. The number of carbonyl (C=O) groups excluding carboxylic acids is 2. The third kappa shape index (κ3) is 3.46. The van der Waals surface area contributed by atoms with Crippen LogP contribution in [0.15, 0.2) is 0 Å². The van der Waals surface area contributed by atoms with Crippen LogP contribution in [0, 0.1) is 5.92 Å². The summed E-state index contributed by atoms with van der Waals surface area (Å²) in [6.45, 7) is 6.03. The molecule has 0 aromatic carbocycles. The second kappa shape index (κ2) is 7.07. The summed E-state index contributed by atoms with van der Waals surface area (Å²) >= 11 is 1.54. The molecule has 1 N–H and O–H groups in total. The number of nitrogens with one attached hydrogen (secondary N) is 1. The number of hydrogen-bond donors (Lipinski definition) is 1. The van der Waals surface area contributed by atoms with Gasteiger partial charge in [-0.15, -0.1) is 11.3 Å². The predicted octanol–water partition coefficient (Wildman–Crippen LogP) is 3.79. The number of fused-ring (bicyclic) bond motifs is 1. The molecule has 0 radical (unpaired) electrons. The summed E-state index contributed by atoms with van der Waals surface area (Å²) in [5, 5.41) is 3.61. The van der Waals surface area contributed by atoms with Crippen LogP contribution in [0.1, 0.15) is 60.8 Å². The van der Waals surface area contributed by atoms with E-state index in [-0.39, 0.29) is 17.8 Å². The summed E-state index contributed by atoms with van der Waals surface area (Å²) < 4.78 is 5.18. The number of amides is 1. The Kier molecular flexibility index (Phi) is 5.39. The van der Waals surface area contributed by atoms with Gasteiger partial charge in [0.25, 0.3) is 0 Å². The first-order chi connectivity index (χ1) is 10.1. The first kappa shape index (κ1) is 16.0. The van der Waals surface area contributed by atoms with E-state index in [1.54, 1.807) is 6.92 Å². The molecule has 1 amide bonds. The highest BCUT2D eigenvalue weighted by atomic mass is 32.1. The van der Waals surface area contributed by atoms with Crippen LogP contribution in [0.5, 0.6) is 0 Å². The minimum absolute atomic E-state index is 0.0263. The maximum Gasteiger partial charge on any atom is 0.341 e. The standard InChI is InChI=1S/C16H23NO3S/c1-4-10(3)14(18)17-15-13(16(19)20-5-2)11-8-6-7-9-12(11)21-15/h10H,4-9H2,1-3H3,(H,17,18)/t10-/m0/s1. The predicted molar refractivity (Wildman–Crippen MR) is 85.0 cm³/mol. The average molecular weight is 309 g/mol. The summed E-state index contributed by atoms with van der Waals surface area (Å²) in [7, 11) is 0. The topological polar surface area (TPSA) is 55.4 Å². The molecule has 0 spiro atoms. The van der Waals surface area contributed by atoms with Crippen LogP contribution >= 0.6 is 11.3 Å². The molecule has 21 heavy (non-hydrogen) atoms. The van der Waals surface area contributed by atoms with Gasteiger partial charge in [-0.25, -0.2) is 4.79 Å². The highest BCUT2D eigenvalue weighted by molar-refractivity contribution is 7.17. The van der Waals surface area contributed by atoms with E-state index >= 15 is 0 Å². The van der Waals surface area contributed by atoms with Crippen molar-refractivity contribution in [3.05, 3.63) is 16.0 Å². The van der Waals surface area contributed by atoms with Crippen molar-refractivity contribution in [3.63, 3.8) is 0 Å². The van der Waals surface area contributed by atoms with Crippen LogP contribution in [-0.4, -0.2) is 18.5 Å². The smallest absolute Gasteiger partial charge is 0.341 e. The number of ether oxygens (including phenoxy) is 1. The molecule has 2 rings (SSSR count). The summed E-state index contributed by atoms with van der Waals surface area (Å²) in [5.41, 5.74) is 1.68. The van der Waals surface area contributed by atoms with Crippen molar-refractivity contribution in [1.82, 2.24) is 0 Å². The summed E-state index contributed by atoms with van der Waals surface area (Å²) in [6.07, 6.45) is 4.92. The molecule has 0 fully saturated rings. The van der Waals surface area contributed by atoms with Crippen molar-refractivity contribution in [2.45, 2.75) is 52.9 Å². The molecule has 1 aliphatic carbocycles. The van der Waals surface area contributed by atoms with Crippen molar-refractivity contribution < 1.29 is 14.3 Å². The summed E-state index contributed by atoms with van der Waals surface area (Å²) in [4.78, 5) is 25.6. The van der Waals surface area contributed by atoms with E-state index in [1.165, 1.54) is 16.2 Å². The van der Waals surface area contributed by atoms with Gasteiger partial charge in [0.2, 0.25) is 5.91 Å².